The molecule has 1 atom stereocenters. The lowest BCUT2D eigenvalue weighted by molar-refractivity contribution is -0.386. The molecule has 2 aromatic carbocycles. The van der Waals surface area contributed by atoms with Crippen LogP contribution < -0.4 is 26.0 Å². The van der Waals surface area contributed by atoms with Crippen molar-refractivity contribution in [3.63, 3.8) is 0 Å². The highest BCUT2D eigenvalue weighted by Gasteiger charge is 2.40. The maximum Gasteiger partial charge on any atom is 0.304 e. The van der Waals surface area contributed by atoms with Gasteiger partial charge < -0.3 is 46.4 Å². The Kier molecular flexibility index (Phi) is 10.8. The van der Waals surface area contributed by atoms with E-state index in [-0.39, 0.29) is 80.9 Å². The topological polar surface area (TPSA) is 230 Å². The van der Waals surface area contributed by atoms with Crippen LogP contribution in [-0.2, 0) is 5.79 Å². The van der Waals surface area contributed by atoms with Crippen molar-refractivity contribution in [3.8, 4) is 5.75 Å². The molecule has 0 saturated carbocycles. The Hall–Kier alpha value is -3.76. The summed E-state index contributed by atoms with van der Waals surface area (Å²) in [6, 6.07) is 6.56. The molecule has 0 heterocycles. The Morgan fingerprint density at radius 1 is 0.973 bits per heavy atom. The van der Waals surface area contributed by atoms with Gasteiger partial charge in [-0.2, -0.15) is 0 Å². The zero-order chi connectivity index (χ0) is 27.6. The SMILES string of the molecule is CC(O)(Oc1ccc(NCCO)c([N+](=O)[O-])c1)c1c(N(CCO)CCO)ccc(NCCN)c1[N+](=O)[O-]. The molecule has 2 aromatic rings. The lowest BCUT2D eigenvalue weighted by Gasteiger charge is -2.32. The van der Waals surface area contributed by atoms with Gasteiger partial charge in [0.05, 0.1) is 41.4 Å². The van der Waals surface area contributed by atoms with E-state index in [1.807, 2.05) is 0 Å². The second-order valence-corrected chi connectivity index (χ2v) is 7.93. The number of rotatable bonds is 16. The number of nitrogens with one attached hydrogen (secondary N) is 2. The molecule has 0 radical (unpaired) electrons. The Balaban J connectivity index is 2.69. The van der Waals surface area contributed by atoms with E-state index in [0.717, 1.165) is 13.0 Å². The third-order valence-electron chi connectivity index (χ3n) is 5.25. The third kappa shape index (κ3) is 7.37. The molecule has 0 aliphatic carbocycles. The summed E-state index contributed by atoms with van der Waals surface area (Å²) in [6.45, 7) is 0.559. The zero-order valence-corrected chi connectivity index (χ0v) is 20.3. The van der Waals surface area contributed by atoms with Crippen molar-refractivity contribution in [2.75, 3.05) is 68.1 Å². The number of aliphatic hydroxyl groups excluding tert-OH is 3. The smallest absolute Gasteiger partial charge is 0.304 e. The number of benzene rings is 2. The van der Waals surface area contributed by atoms with Crippen LogP contribution >= 0.6 is 0 Å². The average Bonchev–Trinajstić information content (AvgIpc) is 2.85. The fourth-order valence-corrected chi connectivity index (χ4v) is 3.78. The Morgan fingerprint density at radius 3 is 2.14 bits per heavy atom. The molecule has 0 bridgehead atoms. The minimum atomic E-state index is -2.41. The van der Waals surface area contributed by atoms with Crippen LogP contribution in [0.2, 0.25) is 0 Å². The van der Waals surface area contributed by atoms with Gasteiger partial charge in [-0.15, -0.1) is 0 Å². The summed E-state index contributed by atoms with van der Waals surface area (Å²) in [7, 11) is 0. The van der Waals surface area contributed by atoms with Crippen LogP contribution in [0.3, 0.4) is 0 Å². The molecule has 0 amide bonds. The van der Waals surface area contributed by atoms with Gasteiger partial charge in [-0.3, -0.25) is 20.2 Å². The molecule has 204 valence electrons. The fraction of sp³-hybridized carbons (Fsp3) is 0.455. The van der Waals surface area contributed by atoms with E-state index in [4.69, 9.17) is 15.6 Å². The van der Waals surface area contributed by atoms with Crippen LogP contribution in [0, 0.1) is 20.2 Å². The Labute approximate surface area is 212 Å². The molecule has 15 nitrogen and oxygen atoms in total. The van der Waals surface area contributed by atoms with E-state index in [1.165, 1.54) is 29.2 Å². The summed E-state index contributed by atoms with van der Waals surface area (Å²) < 4.78 is 5.70. The quantitative estimate of drug-likeness (QED) is 0.0891. The normalized spacial score (nSPS) is 12.5. The van der Waals surface area contributed by atoms with Crippen LogP contribution in [0.5, 0.6) is 5.75 Å². The maximum atomic E-state index is 12.2. The molecule has 0 aliphatic heterocycles. The third-order valence-corrected chi connectivity index (χ3v) is 5.25. The number of aliphatic hydroxyl groups is 4. The summed E-state index contributed by atoms with van der Waals surface area (Å²) in [4.78, 5) is 23.8. The predicted octanol–water partition coefficient (Wildman–Crippen LogP) is 0.313. The molecular weight excluding hydrogens is 492 g/mol. The van der Waals surface area contributed by atoms with Gasteiger partial charge in [-0.05, 0) is 24.3 Å². The first-order valence-corrected chi connectivity index (χ1v) is 11.4. The first-order chi connectivity index (χ1) is 17.6. The molecule has 15 heteroatoms. The number of anilines is 3. The first-order valence-electron chi connectivity index (χ1n) is 11.4. The largest absolute Gasteiger partial charge is 0.458 e. The second-order valence-electron chi connectivity index (χ2n) is 7.93. The molecule has 0 fully saturated rings. The standard InChI is InChI=1S/C22H32N6O9/c1-22(32,37-15-2-3-16(25-8-11-29)19(14-15)27(33)34)20-18(26(9-12-30)10-13-31)5-4-17(24-7-6-23)21(20)28(35)36/h2-5,14,24-25,29-32H,6-13,23H2,1H3. The highest BCUT2D eigenvalue weighted by Crippen LogP contribution is 2.44. The molecule has 37 heavy (non-hydrogen) atoms. The van der Waals surface area contributed by atoms with Crippen molar-refractivity contribution >= 4 is 28.4 Å². The van der Waals surface area contributed by atoms with E-state index in [0.29, 0.717) is 0 Å². The van der Waals surface area contributed by atoms with Crippen molar-refractivity contribution in [2.45, 2.75) is 12.7 Å². The highest BCUT2D eigenvalue weighted by molar-refractivity contribution is 5.76. The van der Waals surface area contributed by atoms with Crippen molar-refractivity contribution in [1.82, 2.24) is 0 Å². The number of hydrogen-bond acceptors (Lipinski definition) is 13. The molecule has 0 aliphatic rings. The van der Waals surface area contributed by atoms with E-state index < -0.39 is 27.0 Å². The summed E-state index contributed by atoms with van der Waals surface area (Å²) in [5.74, 6) is -2.57. The summed E-state index contributed by atoms with van der Waals surface area (Å²) in [5, 5.41) is 68.8. The lowest BCUT2D eigenvalue weighted by atomic mass is 9.99. The Morgan fingerprint density at radius 2 is 1.59 bits per heavy atom. The number of nitro benzene ring substituents is 2. The highest BCUT2D eigenvalue weighted by atomic mass is 16.6. The van der Waals surface area contributed by atoms with Gasteiger partial charge >= 0.3 is 5.69 Å². The van der Waals surface area contributed by atoms with Crippen LogP contribution in [-0.4, -0.2) is 82.8 Å². The van der Waals surface area contributed by atoms with Crippen LogP contribution in [0.25, 0.3) is 0 Å². The van der Waals surface area contributed by atoms with Gasteiger partial charge in [-0.1, -0.05) is 0 Å². The lowest BCUT2D eigenvalue weighted by Crippen LogP contribution is -2.36. The minimum Gasteiger partial charge on any atom is -0.458 e. The van der Waals surface area contributed by atoms with Crippen LogP contribution in [0.15, 0.2) is 30.3 Å². The number of nitrogens with zero attached hydrogens (tertiary/aromatic N) is 3. The number of hydrogen-bond donors (Lipinski definition) is 7. The van der Waals surface area contributed by atoms with Crippen molar-refractivity contribution in [1.29, 1.82) is 0 Å². The van der Waals surface area contributed by atoms with Crippen molar-refractivity contribution in [3.05, 3.63) is 56.1 Å². The average molecular weight is 525 g/mol. The molecule has 0 saturated heterocycles. The molecule has 0 aromatic heterocycles. The van der Waals surface area contributed by atoms with Gasteiger partial charge in [0.25, 0.3) is 5.69 Å². The van der Waals surface area contributed by atoms with Crippen molar-refractivity contribution in [2.24, 2.45) is 5.73 Å². The number of ether oxygens (including phenoxy) is 1. The first kappa shape index (κ1) is 29.5. The summed E-state index contributed by atoms with van der Waals surface area (Å²) in [5.41, 5.74) is 4.53. The molecule has 1 unspecified atom stereocenters. The van der Waals surface area contributed by atoms with Crippen LogP contribution in [0.1, 0.15) is 12.5 Å². The maximum absolute atomic E-state index is 12.2. The van der Waals surface area contributed by atoms with E-state index in [9.17, 15) is 35.5 Å². The van der Waals surface area contributed by atoms with Gasteiger partial charge in [0.15, 0.2) is 0 Å². The monoisotopic (exact) mass is 524 g/mol. The molecule has 0 spiro atoms. The van der Waals surface area contributed by atoms with E-state index >= 15 is 0 Å². The number of nitrogens with two attached hydrogens (primary N) is 1. The van der Waals surface area contributed by atoms with E-state index in [1.54, 1.807) is 0 Å². The molecule has 2 rings (SSSR count). The number of nitro groups is 2. The van der Waals surface area contributed by atoms with Crippen molar-refractivity contribution < 1.29 is 35.0 Å². The van der Waals surface area contributed by atoms with E-state index in [2.05, 4.69) is 10.6 Å². The second kappa shape index (κ2) is 13.5. The Bertz CT molecular complexity index is 1080. The predicted molar refractivity (Wildman–Crippen MR) is 136 cm³/mol. The summed E-state index contributed by atoms with van der Waals surface area (Å²) in [6.07, 6.45) is 0. The summed E-state index contributed by atoms with van der Waals surface area (Å²) >= 11 is 0. The van der Waals surface area contributed by atoms with Gasteiger partial charge in [0.2, 0.25) is 5.79 Å². The minimum absolute atomic E-state index is 0.0208. The zero-order valence-electron chi connectivity index (χ0n) is 20.3. The van der Waals surface area contributed by atoms with Gasteiger partial charge in [-0.25, -0.2) is 0 Å². The molecular formula is C22H32N6O9. The molecule has 8 N–H and O–H groups in total. The van der Waals surface area contributed by atoms with Crippen LogP contribution in [0.4, 0.5) is 28.4 Å². The fourth-order valence-electron chi connectivity index (χ4n) is 3.78. The van der Waals surface area contributed by atoms with Gasteiger partial charge in [0, 0.05) is 39.6 Å². The van der Waals surface area contributed by atoms with Gasteiger partial charge in [0.1, 0.15) is 22.7 Å².